The van der Waals surface area contributed by atoms with Crippen molar-refractivity contribution in [2.75, 3.05) is 4.90 Å². The van der Waals surface area contributed by atoms with Crippen LogP contribution < -0.4 is 4.90 Å². The highest BCUT2D eigenvalue weighted by Gasteiger charge is 2.23. The second kappa shape index (κ2) is 8.00. The minimum Gasteiger partial charge on any atom is -0.279 e. The fourth-order valence-corrected chi connectivity index (χ4v) is 5.01. The maximum atomic E-state index is 14.2. The van der Waals surface area contributed by atoms with Crippen LogP contribution in [0.1, 0.15) is 39.9 Å². The lowest BCUT2D eigenvalue weighted by Gasteiger charge is -2.22. The predicted octanol–water partition coefficient (Wildman–Crippen LogP) is 6.16. The molecule has 0 bridgehead atoms. The first-order chi connectivity index (χ1) is 14.7. The number of carbonyl (C=O) groups is 1. The van der Waals surface area contributed by atoms with Gasteiger partial charge in [-0.2, -0.15) is 0 Å². The number of fused-ring (bicyclic) bond motifs is 2. The van der Waals surface area contributed by atoms with Crippen molar-refractivity contribution in [1.29, 1.82) is 0 Å². The van der Waals surface area contributed by atoms with Crippen LogP contribution in [0.25, 0.3) is 10.2 Å². The molecule has 1 aliphatic rings. The Labute approximate surface area is 178 Å². The summed E-state index contributed by atoms with van der Waals surface area (Å²) < 4.78 is 15.0. The summed E-state index contributed by atoms with van der Waals surface area (Å²) in [5, 5.41) is 0.515. The van der Waals surface area contributed by atoms with Gasteiger partial charge >= 0.3 is 0 Å². The average Bonchev–Trinajstić information content (AvgIpc) is 3.23. The zero-order chi connectivity index (χ0) is 20.5. The molecule has 0 saturated carbocycles. The second-order valence-electron chi connectivity index (χ2n) is 7.65. The number of hydrogen-bond donors (Lipinski definition) is 0. The molecule has 3 nitrogen and oxygen atoms in total. The van der Waals surface area contributed by atoms with Crippen LogP contribution in [0, 0.1) is 5.82 Å². The summed E-state index contributed by atoms with van der Waals surface area (Å²) in [6, 6.07) is 20.8. The molecular formula is C25H21FN2OS. The summed E-state index contributed by atoms with van der Waals surface area (Å²) in [5.74, 6) is -0.470. The van der Waals surface area contributed by atoms with Crippen LogP contribution in [0.3, 0.4) is 0 Å². The lowest BCUT2D eigenvalue weighted by Crippen LogP contribution is -2.30. The molecule has 30 heavy (non-hydrogen) atoms. The van der Waals surface area contributed by atoms with Crippen LogP contribution in [0.5, 0.6) is 0 Å². The van der Waals surface area contributed by atoms with Gasteiger partial charge in [0.15, 0.2) is 5.13 Å². The van der Waals surface area contributed by atoms with Crippen LogP contribution in [0.2, 0.25) is 0 Å². The SMILES string of the molecule is O=C(c1ccc2c(c1)CCCC2)N(Cc1ccccc1)c1nc2c(F)cccc2s1. The van der Waals surface area contributed by atoms with Crippen LogP contribution in [-0.2, 0) is 19.4 Å². The van der Waals surface area contributed by atoms with E-state index < -0.39 is 0 Å². The van der Waals surface area contributed by atoms with Gasteiger partial charge in [0.05, 0.1) is 11.2 Å². The molecule has 150 valence electrons. The summed E-state index contributed by atoms with van der Waals surface area (Å²) >= 11 is 1.34. The fourth-order valence-electron chi connectivity index (χ4n) is 4.03. The van der Waals surface area contributed by atoms with Crippen LogP contribution >= 0.6 is 11.3 Å². The first-order valence-corrected chi connectivity index (χ1v) is 11.0. The fraction of sp³-hybridized carbons (Fsp3) is 0.200. The van der Waals surface area contributed by atoms with E-state index in [9.17, 15) is 9.18 Å². The number of carbonyl (C=O) groups excluding carboxylic acids is 1. The first kappa shape index (κ1) is 18.9. The quantitative estimate of drug-likeness (QED) is 0.399. The van der Waals surface area contributed by atoms with Crippen molar-refractivity contribution in [2.45, 2.75) is 32.2 Å². The Kier molecular flexibility index (Phi) is 5.05. The summed E-state index contributed by atoms with van der Waals surface area (Å²) in [6.45, 7) is 0.387. The molecule has 0 saturated heterocycles. The van der Waals surface area contributed by atoms with Crippen molar-refractivity contribution in [1.82, 2.24) is 4.98 Å². The van der Waals surface area contributed by atoms with Gasteiger partial charge in [-0.3, -0.25) is 9.69 Å². The molecule has 0 unspecified atom stereocenters. The number of hydrogen-bond acceptors (Lipinski definition) is 3. The van der Waals surface area contributed by atoms with Gasteiger partial charge in [-0.15, -0.1) is 0 Å². The summed E-state index contributed by atoms with van der Waals surface area (Å²) in [4.78, 5) is 19.8. The van der Waals surface area contributed by atoms with Gasteiger partial charge in [0.25, 0.3) is 5.91 Å². The van der Waals surface area contributed by atoms with Crippen molar-refractivity contribution < 1.29 is 9.18 Å². The highest BCUT2D eigenvalue weighted by Crippen LogP contribution is 2.32. The summed E-state index contributed by atoms with van der Waals surface area (Å²) in [5.41, 5.74) is 4.58. The van der Waals surface area contributed by atoms with Crippen molar-refractivity contribution in [3.8, 4) is 0 Å². The molecule has 0 aliphatic heterocycles. The number of nitrogens with zero attached hydrogens (tertiary/aromatic N) is 2. The number of halogens is 1. The Morgan fingerprint density at radius 1 is 0.967 bits per heavy atom. The normalized spacial score (nSPS) is 13.2. The van der Waals surface area contributed by atoms with Gasteiger partial charge in [-0.05, 0) is 66.6 Å². The monoisotopic (exact) mass is 416 g/mol. The Hall–Kier alpha value is -3.05. The van der Waals surface area contributed by atoms with Crippen LogP contribution in [0.15, 0.2) is 66.7 Å². The van der Waals surface area contributed by atoms with E-state index in [1.807, 2.05) is 48.5 Å². The predicted molar refractivity (Wildman–Crippen MR) is 120 cm³/mol. The van der Waals surface area contributed by atoms with Gasteiger partial charge in [-0.25, -0.2) is 9.37 Å². The number of aryl methyl sites for hydroxylation is 2. The molecule has 5 heteroatoms. The minimum absolute atomic E-state index is 0.105. The third-order valence-corrected chi connectivity index (χ3v) is 6.66. The topological polar surface area (TPSA) is 33.2 Å². The highest BCUT2D eigenvalue weighted by atomic mass is 32.1. The van der Waals surface area contributed by atoms with E-state index >= 15 is 0 Å². The third-order valence-electron chi connectivity index (χ3n) is 5.61. The Bertz CT molecular complexity index is 1220. The first-order valence-electron chi connectivity index (χ1n) is 10.2. The molecule has 5 rings (SSSR count). The van der Waals surface area contributed by atoms with Gasteiger partial charge in [0.1, 0.15) is 11.3 Å². The summed E-state index contributed by atoms with van der Waals surface area (Å²) in [6.07, 6.45) is 4.46. The van der Waals surface area contributed by atoms with Crippen molar-refractivity contribution >= 4 is 32.6 Å². The lowest BCUT2D eigenvalue weighted by atomic mass is 9.90. The average molecular weight is 417 g/mol. The number of benzene rings is 3. The minimum atomic E-state index is -0.365. The second-order valence-corrected chi connectivity index (χ2v) is 8.66. The number of rotatable bonds is 4. The molecule has 1 aromatic heterocycles. The van der Waals surface area contributed by atoms with Gasteiger partial charge < -0.3 is 0 Å². The number of aromatic nitrogens is 1. The van der Waals surface area contributed by atoms with E-state index in [-0.39, 0.29) is 11.7 Å². The molecule has 4 aromatic rings. The van der Waals surface area contributed by atoms with Gasteiger partial charge in [0.2, 0.25) is 0 Å². The molecule has 1 aliphatic carbocycles. The third kappa shape index (κ3) is 3.61. The van der Waals surface area contributed by atoms with Crippen molar-refractivity contribution in [2.24, 2.45) is 0 Å². The van der Waals surface area contributed by atoms with E-state index in [1.54, 1.807) is 11.0 Å². The zero-order valence-electron chi connectivity index (χ0n) is 16.5. The maximum Gasteiger partial charge on any atom is 0.260 e. The van der Waals surface area contributed by atoms with Crippen molar-refractivity contribution in [3.63, 3.8) is 0 Å². The Balaban J connectivity index is 1.56. The molecule has 3 aromatic carbocycles. The molecule has 1 heterocycles. The van der Waals surface area contributed by atoms with Gasteiger partial charge in [-0.1, -0.05) is 53.8 Å². The standard InChI is InChI=1S/C25H21FN2OS/c26-21-11-6-12-22-23(21)27-25(30-22)28(16-17-7-2-1-3-8-17)24(29)20-14-13-18-9-4-5-10-19(18)15-20/h1-3,6-8,11-15H,4-5,9-10,16H2. The molecule has 0 atom stereocenters. The van der Waals surface area contributed by atoms with E-state index in [1.165, 1.54) is 35.0 Å². The molecule has 0 fully saturated rings. The largest absolute Gasteiger partial charge is 0.279 e. The van der Waals surface area contributed by atoms with E-state index in [4.69, 9.17) is 0 Å². The van der Waals surface area contributed by atoms with E-state index in [2.05, 4.69) is 11.1 Å². The molecule has 1 amide bonds. The molecule has 0 radical (unpaired) electrons. The number of amides is 1. The summed E-state index contributed by atoms with van der Waals surface area (Å²) in [7, 11) is 0. The smallest absolute Gasteiger partial charge is 0.260 e. The Morgan fingerprint density at radius 2 is 1.77 bits per heavy atom. The van der Waals surface area contributed by atoms with Crippen LogP contribution in [0.4, 0.5) is 9.52 Å². The number of para-hydroxylation sites is 1. The highest BCUT2D eigenvalue weighted by molar-refractivity contribution is 7.22. The van der Waals surface area contributed by atoms with E-state index in [0.29, 0.717) is 22.8 Å². The van der Waals surface area contributed by atoms with Crippen LogP contribution in [-0.4, -0.2) is 10.9 Å². The lowest BCUT2D eigenvalue weighted by molar-refractivity contribution is 0.0985. The Morgan fingerprint density at radius 3 is 2.57 bits per heavy atom. The number of anilines is 1. The van der Waals surface area contributed by atoms with Crippen molar-refractivity contribution in [3.05, 3.63) is 94.8 Å². The number of thiazole rings is 1. The van der Waals surface area contributed by atoms with Gasteiger partial charge in [0, 0.05) is 5.56 Å². The molecular weight excluding hydrogens is 395 g/mol. The maximum absolute atomic E-state index is 14.2. The molecule has 0 N–H and O–H groups in total. The molecule has 0 spiro atoms. The zero-order valence-corrected chi connectivity index (χ0v) is 17.3. The van der Waals surface area contributed by atoms with E-state index in [0.717, 1.165) is 29.5 Å².